The zero-order valence-corrected chi connectivity index (χ0v) is 16.0. The monoisotopic (exact) mass is 362 g/mol. The topological polar surface area (TPSA) is 101 Å². The average Bonchev–Trinajstić information content (AvgIpc) is 2.43. The molecule has 2 amide bonds. The second kappa shape index (κ2) is 8.98. The molecule has 0 radical (unpaired) electrons. The molecule has 0 aromatic heterocycles. The molecule has 1 aromatic rings. The molecule has 0 heterocycles. The fourth-order valence-electron chi connectivity index (χ4n) is 1.64. The van der Waals surface area contributed by atoms with E-state index in [4.69, 9.17) is 9.47 Å². The molecule has 0 aliphatic rings. The van der Waals surface area contributed by atoms with Gasteiger partial charge in [-0.1, -0.05) is 18.2 Å². The van der Waals surface area contributed by atoms with Crippen LogP contribution in [0.2, 0.25) is 0 Å². The summed E-state index contributed by atoms with van der Waals surface area (Å²) in [7, 11) is 0. The number of carbonyl (C=O) groups is 2. The van der Waals surface area contributed by atoms with Gasteiger partial charge in [0.05, 0.1) is 12.4 Å². The largest absolute Gasteiger partial charge is 0.443 e. The van der Waals surface area contributed by atoms with Gasteiger partial charge in [-0.2, -0.15) is 10.2 Å². The lowest BCUT2D eigenvalue weighted by molar-refractivity contribution is 0.0518. The SMILES string of the molecule is CC(C)(C)OC(=O)N/N=C\c1cccc(/C=N\NC(=O)OC(C)(C)C)c1. The van der Waals surface area contributed by atoms with Crippen LogP contribution in [0, 0.1) is 0 Å². The summed E-state index contributed by atoms with van der Waals surface area (Å²) in [5.74, 6) is 0. The summed E-state index contributed by atoms with van der Waals surface area (Å²) in [6.45, 7) is 10.6. The molecule has 0 spiro atoms. The van der Waals surface area contributed by atoms with Gasteiger partial charge >= 0.3 is 12.2 Å². The smallest absolute Gasteiger partial charge is 0.428 e. The minimum absolute atomic E-state index is 0.586. The number of carbonyl (C=O) groups excluding carboxylic acids is 2. The summed E-state index contributed by atoms with van der Waals surface area (Å²) >= 11 is 0. The Morgan fingerprint density at radius 3 is 1.58 bits per heavy atom. The summed E-state index contributed by atoms with van der Waals surface area (Å²) in [4.78, 5) is 23.0. The van der Waals surface area contributed by atoms with Crippen molar-refractivity contribution in [2.75, 3.05) is 0 Å². The van der Waals surface area contributed by atoms with Crippen LogP contribution in [0.25, 0.3) is 0 Å². The third kappa shape index (κ3) is 10.1. The van der Waals surface area contributed by atoms with Crippen molar-refractivity contribution in [3.8, 4) is 0 Å². The van der Waals surface area contributed by atoms with Crippen LogP contribution in [-0.2, 0) is 9.47 Å². The maximum atomic E-state index is 11.5. The maximum Gasteiger partial charge on any atom is 0.428 e. The minimum atomic E-state index is -0.631. The average molecular weight is 362 g/mol. The number of nitrogens with one attached hydrogen (secondary N) is 2. The van der Waals surface area contributed by atoms with Crippen LogP contribution in [0.15, 0.2) is 34.5 Å². The van der Waals surface area contributed by atoms with Crippen LogP contribution in [0.1, 0.15) is 52.7 Å². The quantitative estimate of drug-likeness (QED) is 0.633. The van der Waals surface area contributed by atoms with Crippen LogP contribution >= 0.6 is 0 Å². The summed E-state index contributed by atoms with van der Waals surface area (Å²) in [5.41, 5.74) is 4.88. The van der Waals surface area contributed by atoms with Crippen molar-refractivity contribution in [2.24, 2.45) is 10.2 Å². The van der Waals surface area contributed by atoms with Gasteiger partial charge in [0.2, 0.25) is 0 Å². The van der Waals surface area contributed by atoms with E-state index in [0.717, 1.165) is 11.1 Å². The van der Waals surface area contributed by atoms with E-state index in [1.807, 2.05) is 0 Å². The van der Waals surface area contributed by atoms with Crippen molar-refractivity contribution < 1.29 is 19.1 Å². The molecule has 1 aromatic carbocycles. The lowest BCUT2D eigenvalue weighted by atomic mass is 10.1. The molecule has 2 N–H and O–H groups in total. The second-order valence-corrected chi connectivity index (χ2v) is 7.41. The highest BCUT2D eigenvalue weighted by Crippen LogP contribution is 2.07. The van der Waals surface area contributed by atoms with Gasteiger partial charge in [0.1, 0.15) is 11.2 Å². The molecule has 0 unspecified atom stereocenters. The van der Waals surface area contributed by atoms with Gasteiger partial charge in [0.25, 0.3) is 0 Å². The summed E-state index contributed by atoms with van der Waals surface area (Å²) in [6.07, 6.45) is 1.69. The maximum absolute atomic E-state index is 11.5. The van der Waals surface area contributed by atoms with E-state index in [9.17, 15) is 9.59 Å². The number of ether oxygens (including phenoxy) is 2. The Balaban J connectivity index is 2.57. The number of nitrogens with zero attached hydrogens (tertiary/aromatic N) is 2. The Labute approximate surface area is 153 Å². The van der Waals surface area contributed by atoms with Crippen molar-refractivity contribution in [3.63, 3.8) is 0 Å². The first-order valence-corrected chi connectivity index (χ1v) is 8.09. The van der Waals surface area contributed by atoms with Gasteiger partial charge in [-0.3, -0.25) is 0 Å². The highest BCUT2D eigenvalue weighted by atomic mass is 16.6. The first-order chi connectivity index (χ1) is 11.9. The van der Waals surface area contributed by atoms with Gasteiger partial charge in [-0.15, -0.1) is 0 Å². The first-order valence-electron chi connectivity index (χ1n) is 8.09. The predicted molar refractivity (Wildman–Crippen MR) is 100 cm³/mol. The zero-order valence-electron chi connectivity index (χ0n) is 16.0. The molecule has 26 heavy (non-hydrogen) atoms. The van der Waals surface area contributed by atoms with Crippen molar-refractivity contribution in [2.45, 2.75) is 52.7 Å². The van der Waals surface area contributed by atoms with Gasteiger partial charge in [0, 0.05) is 0 Å². The summed E-state index contributed by atoms with van der Waals surface area (Å²) < 4.78 is 10.1. The summed E-state index contributed by atoms with van der Waals surface area (Å²) in [5, 5.41) is 7.66. The summed E-state index contributed by atoms with van der Waals surface area (Å²) in [6, 6.07) is 7.18. The number of benzene rings is 1. The van der Waals surface area contributed by atoms with Crippen LogP contribution in [0.3, 0.4) is 0 Å². The van der Waals surface area contributed by atoms with Gasteiger partial charge in [-0.05, 0) is 58.7 Å². The fourth-order valence-corrected chi connectivity index (χ4v) is 1.64. The molecule has 0 saturated heterocycles. The van der Waals surface area contributed by atoms with E-state index in [2.05, 4.69) is 21.1 Å². The van der Waals surface area contributed by atoms with Gasteiger partial charge in [-0.25, -0.2) is 20.4 Å². The van der Waals surface area contributed by atoms with Crippen molar-refractivity contribution in [1.82, 2.24) is 10.9 Å². The molecular formula is C18H26N4O4. The molecule has 142 valence electrons. The van der Waals surface area contributed by atoms with E-state index in [0.29, 0.717) is 0 Å². The standard InChI is InChI=1S/C18H26N4O4/c1-17(2,3)25-15(23)21-19-11-13-8-7-9-14(10-13)12-20-22-16(24)26-18(4,5)6/h7-12H,1-6H3,(H,21,23)(H,22,24)/b19-11-,20-12-. The minimum Gasteiger partial charge on any atom is -0.443 e. The molecule has 0 bridgehead atoms. The van der Waals surface area contributed by atoms with Crippen molar-refractivity contribution >= 4 is 24.6 Å². The molecule has 8 heteroatoms. The lowest BCUT2D eigenvalue weighted by Gasteiger charge is -2.18. The Morgan fingerprint density at radius 2 is 1.23 bits per heavy atom. The Bertz CT molecular complexity index is 630. The molecule has 0 saturated carbocycles. The van der Waals surface area contributed by atoms with E-state index >= 15 is 0 Å². The third-order valence-electron chi connectivity index (χ3n) is 2.45. The van der Waals surface area contributed by atoms with Crippen molar-refractivity contribution in [3.05, 3.63) is 35.4 Å². The molecular weight excluding hydrogens is 336 g/mol. The molecule has 8 nitrogen and oxygen atoms in total. The number of hydrogen-bond acceptors (Lipinski definition) is 6. The molecule has 0 aliphatic carbocycles. The highest BCUT2D eigenvalue weighted by molar-refractivity contribution is 5.87. The van der Waals surface area contributed by atoms with Crippen molar-refractivity contribution in [1.29, 1.82) is 0 Å². The van der Waals surface area contributed by atoms with E-state index in [-0.39, 0.29) is 0 Å². The number of amides is 2. The van der Waals surface area contributed by atoms with E-state index < -0.39 is 23.4 Å². The normalized spacial score (nSPS) is 12.2. The number of hydrazone groups is 2. The molecule has 0 aliphatic heterocycles. The lowest BCUT2D eigenvalue weighted by Crippen LogP contribution is -2.29. The second-order valence-electron chi connectivity index (χ2n) is 7.41. The van der Waals surface area contributed by atoms with Gasteiger partial charge in [0.15, 0.2) is 0 Å². The predicted octanol–water partition coefficient (Wildman–Crippen LogP) is 3.40. The fraction of sp³-hybridized carbons (Fsp3) is 0.444. The first kappa shape index (κ1) is 21.1. The molecule has 0 atom stereocenters. The Morgan fingerprint density at radius 1 is 0.846 bits per heavy atom. The zero-order chi connectivity index (χ0) is 19.8. The Hall–Kier alpha value is -2.90. The number of rotatable bonds is 4. The number of hydrogen-bond donors (Lipinski definition) is 2. The Kier molecular flexibility index (Phi) is 7.30. The van der Waals surface area contributed by atoms with Crippen LogP contribution in [0.4, 0.5) is 9.59 Å². The van der Waals surface area contributed by atoms with Gasteiger partial charge < -0.3 is 9.47 Å². The van der Waals surface area contributed by atoms with Crippen LogP contribution in [0.5, 0.6) is 0 Å². The molecule has 0 fully saturated rings. The molecule has 1 rings (SSSR count). The third-order valence-corrected chi connectivity index (χ3v) is 2.45. The van der Waals surface area contributed by atoms with E-state index in [1.54, 1.807) is 65.8 Å². The highest BCUT2D eigenvalue weighted by Gasteiger charge is 2.16. The van der Waals surface area contributed by atoms with E-state index in [1.165, 1.54) is 12.4 Å². The van der Waals surface area contributed by atoms with Crippen LogP contribution < -0.4 is 10.9 Å². The van der Waals surface area contributed by atoms with Crippen LogP contribution in [-0.4, -0.2) is 35.8 Å².